The molecule has 2 bridgehead atoms. The average Bonchev–Trinajstić information content (AvgIpc) is 3.59. The molecule has 4 aromatic rings. The Morgan fingerprint density at radius 2 is 0.718 bits per heavy atom. The number of unbranched alkanes of at least 4 members (excludes halogenated alkanes) is 1. The normalized spacial score (nSPS) is 15.5. The first kappa shape index (κ1) is 78.9. The molecule has 4 nitrogen and oxygen atoms in total. The van der Waals surface area contributed by atoms with Gasteiger partial charge in [-0.3, -0.25) is 0 Å². The van der Waals surface area contributed by atoms with Crippen molar-refractivity contribution in [1.82, 2.24) is 0 Å². The maximum absolute atomic E-state index is 6.93. The van der Waals surface area contributed by atoms with Crippen LogP contribution in [0.1, 0.15) is 203 Å². The molecule has 85 heavy (non-hydrogen) atoms. The van der Waals surface area contributed by atoms with E-state index in [1.54, 1.807) is 44.0 Å². The van der Waals surface area contributed by atoms with Gasteiger partial charge >= 0.3 is 0 Å². The molecule has 2 aliphatic rings. The zero-order valence-corrected chi connectivity index (χ0v) is 66.1. The van der Waals surface area contributed by atoms with Gasteiger partial charge in [0.15, 0.2) is 7.38 Å². The van der Waals surface area contributed by atoms with Crippen LogP contribution in [0.5, 0.6) is 23.0 Å². The number of benzene rings is 4. The molecule has 4 aromatic carbocycles. The third kappa shape index (κ3) is 22.6. The molecule has 2 fully saturated rings. The zero-order valence-electron chi connectivity index (χ0n) is 59.3. The van der Waals surface area contributed by atoms with E-state index in [9.17, 15) is 0 Å². The summed E-state index contributed by atoms with van der Waals surface area (Å²) in [7, 11) is 0.331. The number of ether oxygens (including phenoxy) is 4. The first-order valence-electron chi connectivity index (χ1n) is 33.9. The van der Waals surface area contributed by atoms with Crippen LogP contribution < -0.4 is 39.7 Å². The summed E-state index contributed by atoms with van der Waals surface area (Å²) >= 11 is 13.0. The van der Waals surface area contributed by atoms with Gasteiger partial charge in [-0.2, -0.15) is 22.2 Å². The van der Waals surface area contributed by atoms with Crippen LogP contribution in [0.2, 0.25) is 85.5 Å². The number of hydrogen-bond donors (Lipinski definition) is 0. The fourth-order valence-corrected chi connectivity index (χ4v) is 36.1. The van der Waals surface area contributed by atoms with E-state index >= 15 is 0 Å². The Hall–Kier alpha value is -2.19. The number of rotatable bonds is 25. The number of hydrogen-bond acceptors (Lipinski definition) is 4. The van der Waals surface area contributed by atoms with Gasteiger partial charge < -0.3 is 18.9 Å². The summed E-state index contributed by atoms with van der Waals surface area (Å²) in [6.45, 7) is 50.2. The van der Waals surface area contributed by atoms with E-state index in [4.69, 9.17) is 41.1 Å². The van der Waals surface area contributed by atoms with Crippen LogP contribution in [0.25, 0.3) is 0 Å². The monoisotopic (exact) mass is 1290 g/mol. The summed E-state index contributed by atoms with van der Waals surface area (Å²) in [5.74, 6) is 5.93. The molecule has 482 valence electrons. The van der Waals surface area contributed by atoms with Crippen LogP contribution in [0.4, 0.5) is 0 Å². The van der Waals surface area contributed by atoms with E-state index in [2.05, 4.69) is 230 Å². The standard InChI is InChI=1S/C24H41BOSi.C17H30OSi.C13H21ClOSi.C13H22OSi.C6H15ClSi/c1-19(2)27(20(3)4,24-15-13-23(26-5)14-16-24)18-8-17-25-21-9-6-10-22(25)12-7-11-21;1-7-8-13-19(14(2)3,15(4)5)17-11-9-16(18-6)10-12-17;1-10(2)16(14,11(3)4)13-8-6-12(15-5)7-9-13;1-10(2)15(11(3)4)13-8-6-12(14-5)7-9-13;1-5(2)8(7)6(3)4/h13-16,19-22H,6-12,17-18H2,1-5H3;9-12,14-15H,7-8,13H2,1-6H3;6-11H,1-5H3;6-11,15H,1-5H3;5-6,8H,1-4H3. The lowest BCUT2D eigenvalue weighted by Crippen LogP contribution is -2.53. The summed E-state index contributed by atoms with van der Waals surface area (Å²) in [6, 6.07) is 37.8. The second-order valence-electron chi connectivity index (χ2n) is 28.7. The predicted octanol–water partition coefficient (Wildman–Crippen LogP) is 21.8. The SMILES string of the molecule is CC(C)[SiH](Cl)C(C)C.CCCC[Si](c1ccc(OC)cc1)(C(C)C)C(C)C.COc1ccc([SiH](C(C)C)C(C)C)cc1.COc1ccc([Si](CCCB2C3CCCC2CCC3)(C(C)C)C(C)C)cc1.COc1ccc([Si](Cl)(C(C)C)C(C)C)cc1. The average molecular weight is 1290 g/mol. The fraction of sp³-hybridized carbons (Fsp3) is 0.671. The lowest BCUT2D eigenvalue weighted by Gasteiger charge is -2.43. The van der Waals surface area contributed by atoms with E-state index in [1.165, 1.54) is 81.4 Å². The number of fused-ring (bicyclic) bond motifs is 2. The van der Waals surface area contributed by atoms with E-state index in [0.717, 1.165) is 85.7 Å². The highest BCUT2D eigenvalue weighted by Crippen LogP contribution is 2.49. The largest absolute Gasteiger partial charge is 0.497 e. The number of methoxy groups -OCH3 is 4. The minimum absolute atomic E-state index is 0.530. The first-order valence-corrected chi connectivity index (χ1v) is 46.8. The quantitative estimate of drug-likeness (QED) is 0.0489. The maximum Gasteiger partial charge on any atom is 0.191 e. The van der Waals surface area contributed by atoms with Crippen LogP contribution >= 0.6 is 22.2 Å². The molecule has 0 amide bonds. The Morgan fingerprint density at radius 3 is 0.965 bits per heavy atom. The highest BCUT2D eigenvalue weighted by molar-refractivity contribution is 7.28. The van der Waals surface area contributed by atoms with Crippen molar-refractivity contribution in [2.45, 2.75) is 289 Å². The molecule has 0 spiro atoms. The lowest BCUT2D eigenvalue weighted by molar-refractivity contribution is 0.415. The maximum atomic E-state index is 6.93. The zero-order chi connectivity index (χ0) is 64.4. The highest BCUT2D eigenvalue weighted by atomic mass is 35.6. The van der Waals surface area contributed by atoms with Crippen LogP contribution in [0.15, 0.2) is 97.1 Å². The van der Waals surface area contributed by atoms with Crippen molar-refractivity contribution >= 4 is 90.1 Å². The molecule has 12 heteroatoms. The second-order valence-corrected chi connectivity index (χ2v) is 55.4. The molecule has 0 saturated carbocycles. The lowest BCUT2D eigenvalue weighted by atomic mass is 9.26. The van der Waals surface area contributed by atoms with E-state index < -0.39 is 40.4 Å². The van der Waals surface area contributed by atoms with Crippen LogP contribution in [0, 0.1) is 0 Å². The van der Waals surface area contributed by atoms with Crippen LogP contribution in [0.3, 0.4) is 0 Å². The van der Waals surface area contributed by atoms with Crippen molar-refractivity contribution < 1.29 is 18.9 Å². The molecule has 0 unspecified atom stereocenters. The van der Waals surface area contributed by atoms with Gasteiger partial charge in [0.25, 0.3) is 0 Å². The molecule has 0 aromatic heterocycles. The van der Waals surface area contributed by atoms with Crippen molar-refractivity contribution in [3.63, 3.8) is 0 Å². The number of halogens is 2. The molecule has 0 aliphatic carbocycles. The minimum atomic E-state index is -1.90. The molecule has 6 rings (SSSR count). The van der Waals surface area contributed by atoms with Crippen LogP contribution in [-0.2, 0) is 0 Å². The van der Waals surface area contributed by atoms with E-state index in [0.29, 0.717) is 11.1 Å². The summed E-state index contributed by atoms with van der Waals surface area (Å²) in [6.07, 6.45) is 14.7. The molecule has 0 radical (unpaired) electrons. The molecular weight excluding hydrogens is 1160 g/mol. The van der Waals surface area contributed by atoms with Crippen molar-refractivity contribution in [1.29, 1.82) is 0 Å². The first-order chi connectivity index (χ1) is 40.0. The molecular formula is C73H129BCl2O4Si5. The minimum Gasteiger partial charge on any atom is -0.497 e. The summed E-state index contributed by atoms with van der Waals surface area (Å²) in [5, 5.41) is 6.12. The smallest absolute Gasteiger partial charge is 0.191 e. The summed E-state index contributed by atoms with van der Waals surface area (Å²) < 4.78 is 21.1. The van der Waals surface area contributed by atoms with Gasteiger partial charge in [-0.05, 0) is 109 Å². The Labute approximate surface area is 542 Å². The summed E-state index contributed by atoms with van der Waals surface area (Å²) in [5.41, 5.74) is 7.34. The second kappa shape index (κ2) is 39.2. The van der Waals surface area contributed by atoms with Gasteiger partial charge in [0, 0.05) is 0 Å². The van der Waals surface area contributed by atoms with E-state index in [-0.39, 0.29) is 0 Å². The fourth-order valence-electron chi connectivity index (χ4n) is 15.6. The predicted molar refractivity (Wildman–Crippen MR) is 400 cm³/mol. The van der Waals surface area contributed by atoms with E-state index in [1.807, 2.05) is 12.1 Å². The molecule has 0 atom stereocenters. The molecule has 2 aliphatic heterocycles. The van der Waals surface area contributed by atoms with Gasteiger partial charge in [0.05, 0.1) is 53.4 Å². The highest BCUT2D eigenvalue weighted by Gasteiger charge is 2.44. The van der Waals surface area contributed by atoms with Crippen molar-refractivity contribution in [3.05, 3.63) is 97.1 Å². The van der Waals surface area contributed by atoms with Crippen molar-refractivity contribution in [2.24, 2.45) is 0 Å². The Bertz CT molecular complexity index is 2300. The van der Waals surface area contributed by atoms with Crippen molar-refractivity contribution in [3.8, 4) is 23.0 Å². The molecule has 2 heterocycles. The van der Waals surface area contributed by atoms with Crippen LogP contribution in [-0.4, -0.2) is 75.6 Å². The third-order valence-electron chi connectivity index (χ3n) is 20.4. The Morgan fingerprint density at radius 1 is 0.424 bits per heavy atom. The molecule has 2 saturated heterocycles. The third-order valence-corrected chi connectivity index (χ3v) is 51.3. The summed E-state index contributed by atoms with van der Waals surface area (Å²) in [4.78, 5) is 0. The molecule has 0 N–H and O–H groups in total. The van der Waals surface area contributed by atoms with Gasteiger partial charge in [-0.1, -0.05) is 297 Å². The van der Waals surface area contributed by atoms with Gasteiger partial charge in [-0.15, -0.1) is 0 Å². The van der Waals surface area contributed by atoms with Gasteiger partial charge in [0.2, 0.25) is 0 Å². The van der Waals surface area contributed by atoms with Crippen molar-refractivity contribution in [2.75, 3.05) is 28.4 Å². The Kier molecular flexibility index (Phi) is 36.3. The topological polar surface area (TPSA) is 36.9 Å². The van der Waals surface area contributed by atoms with Gasteiger partial charge in [0.1, 0.15) is 37.8 Å². The van der Waals surface area contributed by atoms with Gasteiger partial charge in [-0.25, -0.2) is 0 Å². The Balaban J connectivity index is 0.000000380.